The summed E-state index contributed by atoms with van der Waals surface area (Å²) in [4.78, 5) is 0. The van der Waals surface area contributed by atoms with Crippen LogP contribution < -0.4 is 0 Å². The number of phenols is 1. The topological polar surface area (TPSA) is 20.2 Å². The Bertz CT molecular complexity index is 238. The van der Waals surface area contributed by atoms with Gasteiger partial charge >= 0.3 is 0 Å². The summed E-state index contributed by atoms with van der Waals surface area (Å²) in [6.07, 6.45) is 3.92. The summed E-state index contributed by atoms with van der Waals surface area (Å²) in [5.41, 5.74) is 1.08. The SMILES string of the molecule is Oc1ccc(C=CCS)cc1. The Morgan fingerprint density at radius 2 is 1.91 bits per heavy atom. The van der Waals surface area contributed by atoms with Gasteiger partial charge in [-0.05, 0) is 17.7 Å². The van der Waals surface area contributed by atoms with Crippen LogP contribution in [0.15, 0.2) is 30.3 Å². The molecule has 0 heterocycles. The molecule has 2 heteroatoms. The van der Waals surface area contributed by atoms with Gasteiger partial charge in [-0.3, -0.25) is 0 Å². The zero-order chi connectivity index (χ0) is 8.10. The maximum absolute atomic E-state index is 8.94. The van der Waals surface area contributed by atoms with Crippen LogP contribution in [-0.4, -0.2) is 10.9 Å². The minimum atomic E-state index is 0.299. The minimum absolute atomic E-state index is 0.299. The quantitative estimate of drug-likeness (QED) is 0.646. The van der Waals surface area contributed by atoms with Gasteiger partial charge in [0.2, 0.25) is 0 Å². The molecule has 1 aromatic rings. The van der Waals surface area contributed by atoms with Crippen molar-refractivity contribution in [3.8, 4) is 5.75 Å². The molecule has 11 heavy (non-hydrogen) atoms. The molecular weight excluding hydrogens is 156 g/mol. The van der Waals surface area contributed by atoms with Crippen LogP contribution in [0, 0.1) is 0 Å². The van der Waals surface area contributed by atoms with E-state index in [4.69, 9.17) is 5.11 Å². The van der Waals surface area contributed by atoms with Crippen LogP contribution in [0.3, 0.4) is 0 Å². The highest BCUT2D eigenvalue weighted by Gasteiger charge is 1.85. The standard InChI is InChI=1S/C9H10OS/c10-9-5-3-8(4-6-9)2-1-7-11/h1-6,10-11H,7H2. The zero-order valence-corrected chi connectivity index (χ0v) is 6.96. The Kier molecular flexibility index (Phi) is 3.05. The van der Waals surface area contributed by atoms with Gasteiger partial charge in [-0.15, -0.1) is 0 Å². The molecule has 0 saturated carbocycles. The maximum Gasteiger partial charge on any atom is 0.115 e. The molecule has 58 valence electrons. The van der Waals surface area contributed by atoms with Crippen molar-refractivity contribution < 1.29 is 5.11 Å². The number of rotatable bonds is 2. The Hall–Kier alpha value is -0.890. The normalized spacial score (nSPS) is 10.6. The van der Waals surface area contributed by atoms with Crippen LogP contribution in [0.2, 0.25) is 0 Å². The van der Waals surface area contributed by atoms with Crippen molar-refractivity contribution in [3.05, 3.63) is 35.9 Å². The molecular formula is C9H10OS. The lowest BCUT2D eigenvalue weighted by atomic mass is 10.2. The lowest BCUT2D eigenvalue weighted by Crippen LogP contribution is -1.70. The molecule has 0 aliphatic heterocycles. The van der Waals surface area contributed by atoms with E-state index in [1.54, 1.807) is 12.1 Å². The second kappa shape index (κ2) is 4.09. The maximum atomic E-state index is 8.94. The van der Waals surface area contributed by atoms with Crippen molar-refractivity contribution in [2.75, 3.05) is 5.75 Å². The summed E-state index contributed by atoms with van der Waals surface area (Å²) in [5, 5.41) is 8.94. The predicted octanol–water partition coefficient (Wildman–Crippen LogP) is 2.34. The van der Waals surface area contributed by atoms with Crippen LogP contribution in [0.5, 0.6) is 5.75 Å². The number of aromatic hydroxyl groups is 1. The first-order chi connectivity index (χ1) is 5.33. The van der Waals surface area contributed by atoms with Gasteiger partial charge in [0.05, 0.1) is 0 Å². The highest BCUT2D eigenvalue weighted by Crippen LogP contribution is 2.10. The summed E-state index contributed by atoms with van der Waals surface area (Å²) in [7, 11) is 0. The molecule has 1 N–H and O–H groups in total. The van der Waals surface area contributed by atoms with Crippen molar-refractivity contribution in [2.45, 2.75) is 0 Å². The van der Waals surface area contributed by atoms with E-state index in [1.165, 1.54) is 0 Å². The largest absolute Gasteiger partial charge is 0.508 e. The summed E-state index contributed by atoms with van der Waals surface area (Å²) in [6, 6.07) is 7.04. The summed E-state index contributed by atoms with van der Waals surface area (Å²) >= 11 is 4.03. The second-order valence-corrected chi connectivity index (χ2v) is 2.54. The minimum Gasteiger partial charge on any atom is -0.508 e. The molecule has 0 aliphatic carbocycles. The first-order valence-corrected chi connectivity index (χ1v) is 4.02. The van der Waals surface area contributed by atoms with Gasteiger partial charge in [0.1, 0.15) is 5.75 Å². The van der Waals surface area contributed by atoms with E-state index in [9.17, 15) is 0 Å². The van der Waals surface area contributed by atoms with E-state index in [0.29, 0.717) is 5.75 Å². The Balaban J connectivity index is 2.73. The lowest BCUT2D eigenvalue weighted by molar-refractivity contribution is 0.475. The Morgan fingerprint density at radius 1 is 1.27 bits per heavy atom. The fraction of sp³-hybridized carbons (Fsp3) is 0.111. The first-order valence-electron chi connectivity index (χ1n) is 3.39. The molecule has 1 nitrogen and oxygen atoms in total. The van der Waals surface area contributed by atoms with Crippen LogP contribution in [0.25, 0.3) is 6.08 Å². The summed E-state index contributed by atoms with van der Waals surface area (Å²) in [5.74, 6) is 1.04. The van der Waals surface area contributed by atoms with Crippen molar-refractivity contribution in [1.29, 1.82) is 0 Å². The molecule has 1 rings (SSSR count). The average Bonchev–Trinajstić information content (AvgIpc) is 2.04. The average molecular weight is 166 g/mol. The third kappa shape index (κ3) is 2.68. The fourth-order valence-corrected chi connectivity index (χ4v) is 0.880. The van der Waals surface area contributed by atoms with Gasteiger partial charge in [0.15, 0.2) is 0 Å². The van der Waals surface area contributed by atoms with Gasteiger partial charge in [-0.2, -0.15) is 12.6 Å². The molecule has 0 atom stereocenters. The molecule has 0 bridgehead atoms. The van der Waals surface area contributed by atoms with E-state index in [1.807, 2.05) is 24.3 Å². The van der Waals surface area contributed by atoms with Crippen molar-refractivity contribution in [3.63, 3.8) is 0 Å². The van der Waals surface area contributed by atoms with E-state index in [-0.39, 0.29) is 0 Å². The number of phenolic OH excluding ortho intramolecular Hbond substituents is 1. The summed E-state index contributed by atoms with van der Waals surface area (Å²) in [6.45, 7) is 0. The van der Waals surface area contributed by atoms with E-state index >= 15 is 0 Å². The van der Waals surface area contributed by atoms with Crippen LogP contribution >= 0.6 is 12.6 Å². The van der Waals surface area contributed by atoms with Gasteiger partial charge < -0.3 is 5.11 Å². The van der Waals surface area contributed by atoms with Crippen molar-refractivity contribution >= 4 is 18.7 Å². The smallest absolute Gasteiger partial charge is 0.115 e. The van der Waals surface area contributed by atoms with E-state index in [0.717, 1.165) is 11.3 Å². The Morgan fingerprint density at radius 3 is 2.45 bits per heavy atom. The summed E-state index contributed by atoms with van der Waals surface area (Å²) < 4.78 is 0. The van der Waals surface area contributed by atoms with E-state index in [2.05, 4.69) is 12.6 Å². The molecule has 0 unspecified atom stereocenters. The molecule has 0 spiro atoms. The van der Waals surface area contributed by atoms with Gasteiger partial charge in [0.25, 0.3) is 0 Å². The van der Waals surface area contributed by atoms with Crippen molar-refractivity contribution in [2.24, 2.45) is 0 Å². The van der Waals surface area contributed by atoms with Crippen LogP contribution in [-0.2, 0) is 0 Å². The predicted molar refractivity (Wildman–Crippen MR) is 51.0 cm³/mol. The molecule has 0 fully saturated rings. The van der Waals surface area contributed by atoms with Gasteiger partial charge in [-0.25, -0.2) is 0 Å². The lowest BCUT2D eigenvalue weighted by Gasteiger charge is -1.92. The third-order valence-corrected chi connectivity index (χ3v) is 1.52. The zero-order valence-electron chi connectivity index (χ0n) is 6.07. The number of hydrogen-bond donors (Lipinski definition) is 2. The Labute approximate surface area is 71.8 Å². The molecule has 0 saturated heterocycles. The molecule has 0 aromatic heterocycles. The monoisotopic (exact) mass is 166 g/mol. The van der Waals surface area contributed by atoms with Crippen LogP contribution in [0.1, 0.15) is 5.56 Å². The highest BCUT2D eigenvalue weighted by molar-refractivity contribution is 7.80. The first kappa shape index (κ1) is 8.21. The van der Waals surface area contributed by atoms with Gasteiger partial charge in [-0.1, -0.05) is 24.3 Å². The number of thiol groups is 1. The third-order valence-electron chi connectivity index (χ3n) is 1.31. The van der Waals surface area contributed by atoms with Gasteiger partial charge in [0, 0.05) is 5.75 Å². The number of benzene rings is 1. The molecule has 0 amide bonds. The number of hydrogen-bond acceptors (Lipinski definition) is 2. The van der Waals surface area contributed by atoms with Crippen molar-refractivity contribution in [1.82, 2.24) is 0 Å². The molecule has 0 radical (unpaired) electrons. The van der Waals surface area contributed by atoms with Crippen LogP contribution in [0.4, 0.5) is 0 Å². The molecule has 0 aliphatic rings. The molecule has 1 aromatic carbocycles. The highest BCUT2D eigenvalue weighted by atomic mass is 32.1. The van der Waals surface area contributed by atoms with E-state index < -0.39 is 0 Å². The fourth-order valence-electron chi connectivity index (χ4n) is 0.774. The second-order valence-electron chi connectivity index (χ2n) is 2.18.